The zero-order valence-electron chi connectivity index (χ0n) is 7.96. The molecular weight excluding hydrogens is 176 g/mol. The van der Waals surface area contributed by atoms with Gasteiger partial charge in [-0.2, -0.15) is 0 Å². The van der Waals surface area contributed by atoms with Gasteiger partial charge in [0, 0.05) is 43.8 Å². The van der Waals surface area contributed by atoms with E-state index in [1.165, 1.54) is 11.3 Å². The van der Waals surface area contributed by atoms with E-state index >= 15 is 0 Å². The van der Waals surface area contributed by atoms with Crippen LogP contribution in [0.15, 0.2) is 31.0 Å². The lowest BCUT2D eigenvalue weighted by atomic mass is 10.3. The lowest BCUT2D eigenvalue weighted by Crippen LogP contribution is -2.16. The van der Waals surface area contributed by atoms with E-state index in [0.717, 1.165) is 19.5 Å². The van der Waals surface area contributed by atoms with Crippen LogP contribution in [0.1, 0.15) is 11.3 Å². The zero-order chi connectivity index (χ0) is 9.64. The molecule has 0 aliphatic carbocycles. The number of rotatable bonds is 5. The maximum atomic E-state index is 3.96. The number of hydrogen-bond acceptors (Lipinski definition) is 2. The van der Waals surface area contributed by atoms with Gasteiger partial charge in [-0.3, -0.25) is 0 Å². The normalized spacial score (nSPS) is 10.6. The summed E-state index contributed by atoms with van der Waals surface area (Å²) in [6.07, 6.45) is 8.50. The summed E-state index contributed by atoms with van der Waals surface area (Å²) in [5.74, 6) is 0. The Kier molecular flexibility index (Phi) is 2.98. The van der Waals surface area contributed by atoms with Gasteiger partial charge in [0.2, 0.25) is 0 Å². The number of H-pyrrole nitrogens is 2. The van der Waals surface area contributed by atoms with Gasteiger partial charge in [0.05, 0.1) is 6.33 Å². The van der Waals surface area contributed by atoms with Gasteiger partial charge in [-0.25, -0.2) is 4.98 Å². The van der Waals surface area contributed by atoms with Crippen LogP contribution in [0.2, 0.25) is 0 Å². The van der Waals surface area contributed by atoms with Crippen LogP contribution in [0.4, 0.5) is 0 Å². The van der Waals surface area contributed by atoms with Gasteiger partial charge in [0.1, 0.15) is 0 Å². The third-order valence-electron chi connectivity index (χ3n) is 2.12. The first kappa shape index (κ1) is 9.02. The van der Waals surface area contributed by atoms with Crippen molar-refractivity contribution in [1.29, 1.82) is 0 Å². The maximum absolute atomic E-state index is 3.96. The van der Waals surface area contributed by atoms with Crippen LogP contribution < -0.4 is 5.32 Å². The van der Waals surface area contributed by atoms with Crippen molar-refractivity contribution in [3.05, 3.63) is 42.2 Å². The second-order valence-electron chi connectivity index (χ2n) is 3.22. The SMILES string of the molecule is c1cc(CNCCc2cnc[nH]2)c[nH]1. The minimum absolute atomic E-state index is 0.914. The van der Waals surface area contributed by atoms with Crippen molar-refractivity contribution < 1.29 is 0 Å². The smallest absolute Gasteiger partial charge is 0.0921 e. The average Bonchev–Trinajstić information content (AvgIpc) is 2.86. The molecule has 14 heavy (non-hydrogen) atoms. The number of aromatic amines is 2. The molecule has 0 aliphatic rings. The molecule has 0 atom stereocenters. The summed E-state index contributed by atoms with van der Waals surface area (Å²) in [7, 11) is 0. The molecular formula is C10H14N4. The Balaban J connectivity index is 1.65. The monoisotopic (exact) mass is 190 g/mol. The third-order valence-corrected chi connectivity index (χ3v) is 2.12. The molecule has 0 saturated heterocycles. The van der Waals surface area contributed by atoms with Gasteiger partial charge in [-0.1, -0.05) is 0 Å². The third kappa shape index (κ3) is 2.47. The summed E-state index contributed by atoms with van der Waals surface area (Å²) < 4.78 is 0. The highest BCUT2D eigenvalue weighted by Crippen LogP contribution is 1.95. The average molecular weight is 190 g/mol. The molecule has 2 rings (SSSR count). The van der Waals surface area contributed by atoms with E-state index in [9.17, 15) is 0 Å². The van der Waals surface area contributed by atoms with Crippen LogP contribution in [-0.2, 0) is 13.0 Å². The number of nitrogens with one attached hydrogen (secondary N) is 3. The van der Waals surface area contributed by atoms with Gasteiger partial charge in [0.25, 0.3) is 0 Å². The molecule has 0 unspecified atom stereocenters. The summed E-state index contributed by atoms with van der Waals surface area (Å²) >= 11 is 0. The van der Waals surface area contributed by atoms with Gasteiger partial charge in [-0.15, -0.1) is 0 Å². The molecule has 0 fully saturated rings. The van der Waals surface area contributed by atoms with Crippen LogP contribution in [0.5, 0.6) is 0 Å². The van der Waals surface area contributed by atoms with Crippen LogP contribution in [0.25, 0.3) is 0 Å². The van der Waals surface area contributed by atoms with Crippen molar-refractivity contribution in [3.8, 4) is 0 Å². The van der Waals surface area contributed by atoms with Crippen LogP contribution in [-0.4, -0.2) is 21.5 Å². The zero-order valence-corrected chi connectivity index (χ0v) is 7.96. The number of aromatic nitrogens is 3. The standard InChI is InChI=1S/C10H14N4/c1-3-11-5-9(1)6-12-4-2-10-7-13-8-14-10/h1,3,5,7-8,11-12H,2,4,6H2,(H,13,14). The molecule has 2 aromatic heterocycles. The fourth-order valence-corrected chi connectivity index (χ4v) is 1.35. The van der Waals surface area contributed by atoms with E-state index in [4.69, 9.17) is 0 Å². The Morgan fingerprint density at radius 1 is 1.43 bits per heavy atom. The van der Waals surface area contributed by atoms with E-state index < -0.39 is 0 Å². The van der Waals surface area contributed by atoms with Crippen molar-refractivity contribution in [2.45, 2.75) is 13.0 Å². The van der Waals surface area contributed by atoms with Crippen LogP contribution in [0.3, 0.4) is 0 Å². The minimum atomic E-state index is 0.914. The Labute approximate surface area is 82.8 Å². The second-order valence-corrected chi connectivity index (χ2v) is 3.22. The molecule has 0 aliphatic heterocycles. The predicted octanol–water partition coefficient (Wildman–Crippen LogP) is 1.07. The Bertz CT molecular complexity index is 300. The fraction of sp³-hybridized carbons (Fsp3) is 0.300. The Morgan fingerprint density at radius 3 is 3.14 bits per heavy atom. The Morgan fingerprint density at radius 2 is 2.43 bits per heavy atom. The van der Waals surface area contributed by atoms with Crippen LogP contribution >= 0.6 is 0 Å². The maximum Gasteiger partial charge on any atom is 0.0921 e. The van der Waals surface area contributed by atoms with E-state index in [-0.39, 0.29) is 0 Å². The fourth-order valence-electron chi connectivity index (χ4n) is 1.35. The van der Waals surface area contributed by atoms with E-state index in [0.29, 0.717) is 0 Å². The van der Waals surface area contributed by atoms with Crippen molar-refractivity contribution in [2.75, 3.05) is 6.54 Å². The first-order valence-electron chi connectivity index (χ1n) is 4.75. The highest BCUT2D eigenvalue weighted by atomic mass is 14.9. The van der Waals surface area contributed by atoms with Gasteiger partial charge >= 0.3 is 0 Å². The number of hydrogen-bond donors (Lipinski definition) is 3. The van der Waals surface area contributed by atoms with Crippen molar-refractivity contribution >= 4 is 0 Å². The predicted molar refractivity (Wildman–Crippen MR) is 54.8 cm³/mol. The van der Waals surface area contributed by atoms with Gasteiger partial charge < -0.3 is 15.3 Å². The van der Waals surface area contributed by atoms with Crippen molar-refractivity contribution in [1.82, 2.24) is 20.3 Å². The molecule has 0 bridgehead atoms. The molecule has 3 N–H and O–H groups in total. The summed E-state index contributed by atoms with van der Waals surface area (Å²) in [6, 6.07) is 2.07. The summed E-state index contributed by atoms with van der Waals surface area (Å²) in [4.78, 5) is 10.1. The summed E-state index contributed by atoms with van der Waals surface area (Å²) in [5, 5.41) is 3.36. The molecule has 0 spiro atoms. The number of imidazole rings is 1. The Hall–Kier alpha value is -1.55. The molecule has 0 aromatic carbocycles. The second kappa shape index (κ2) is 4.62. The number of nitrogens with zero attached hydrogens (tertiary/aromatic N) is 1. The quantitative estimate of drug-likeness (QED) is 0.618. The molecule has 2 aromatic rings. The van der Waals surface area contributed by atoms with Crippen LogP contribution in [0, 0.1) is 0 Å². The molecule has 0 saturated carbocycles. The van der Waals surface area contributed by atoms with E-state index in [1.54, 1.807) is 6.33 Å². The topological polar surface area (TPSA) is 56.5 Å². The highest BCUT2D eigenvalue weighted by molar-refractivity contribution is 5.07. The highest BCUT2D eigenvalue weighted by Gasteiger charge is 1.94. The summed E-state index contributed by atoms with van der Waals surface area (Å²) in [6.45, 7) is 1.88. The van der Waals surface area contributed by atoms with Gasteiger partial charge in [-0.05, 0) is 11.6 Å². The minimum Gasteiger partial charge on any atom is -0.367 e. The van der Waals surface area contributed by atoms with Crippen molar-refractivity contribution in [3.63, 3.8) is 0 Å². The molecule has 4 nitrogen and oxygen atoms in total. The van der Waals surface area contributed by atoms with E-state index in [1.807, 2.05) is 18.6 Å². The molecule has 0 radical (unpaired) electrons. The lowest BCUT2D eigenvalue weighted by Gasteiger charge is -2.00. The first-order chi connectivity index (χ1) is 6.95. The van der Waals surface area contributed by atoms with Crippen molar-refractivity contribution in [2.24, 2.45) is 0 Å². The lowest BCUT2D eigenvalue weighted by molar-refractivity contribution is 0.682. The van der Waals surface area contributed by atoms with Gasteiger partial charge in [0.15, 0.2) is 0 Å². The van der Waals surface area contributed by atoms with E-state index in [2.05, 4.69) is 26.3 Å². The first-order valence-corrected chi connectivity index (χ1v) is 4.75. The molecule has 74 valence electrons. The molecule has 0 amide bonds. The molecule has 4 heteroatoms. The largest absolute Gasteiger partial charge is 0.367 e. The molecule has 2 heterocycles. The summed E-state index contributed by atoms with van der Waals surface area (Å²) in [5.41, 5.74) is 2.46.